The number of rotatable bonds is 3. The van der Waals surface area contributed by atoms with Crippen LogP contribution in [0.4, 0.5) is 5.95 Å². The van der Waals surface area contributed by atoms with Gasteiger partial charge in [0.2, 0.25) is 5.95 Å². The first-order valence-corrected chi connectivity index (χ1v) is 6.18. The predicted octanol–water partition coefficient (Wildman–Crippen LogP) is 2.95. The number of hydrogen-bond acceptors (Lipinski definition) is 4. The number of benzene rings is 1. The summed E-state index contributed by atoms with van der Waals surface area (Å²) < 4.78 is 0. The molecule has 2 heterocycles. The average Bonchev–Trinajstić information content (AvgIpc) is 2.45. The molecule has 19 heavy (non-hydrogen) atoms. The van der Waals surface area contributed by atoms with Crippen molar-refractivity contribution in [2.75, 3.05) is 5.32 Å². The van der Waals surface area contributed by atoms with Crippen LogP contribution in [0.1, 0.15) is 11.3 Å². The predicted molar refractivity (Wildman–Crippen MR) is 75.8 cm³/mol. The number of aromatic nitrogens is 3. The van der Waals surface area contributed by atoms with Crippen LogP contribution in [0.25, 0.3) is 10.9 Å². The van der Waals surface area contributed by atoms with Gasteiger partial charge in [0, 0.05) is 30.0 Å². The largest absolute Gasteiger partial charge is 0.350 e. The highest BCUT2D eigenvalue weighted by Crippen LogP contribution is 2.13. The maximum absolute atomic E-state index is 4.43. The molecule has 2 aromatic heterocycles. The number of aryl methyl sites for hydroxylation is 1. The molecule has 0 aliphatic carbocycles. The fourth-order valence-electron chi connectivity index (χ4n) is 1.93. The molecule has 0 unspecified atom stereocenters. The SMILES string of the molecule is Cc1ccnc(NCc2cnc3ccccc3c2)n1. The molecule has 3 rings (SSSR count). The van der Waals surface area contributed by atoms with Gasteiger partial charge in [-0.1, -0.05) is 18.2 Å². The van der Waals surface area contributed by atoms with Crippen molar-refractivity contribution in [1.29, 1.82) is 0 Å². The third-order valence-electron chi connectivity index (χ3n) is 2.89. The highest BCUT2D eigenvalue weighted by molar-refractivity contribution is 5.78. The Labute approximate surface area is 111 Å². The number of para-hydroxylation sites is 1. The van der Waals surface area contributed by atoms with Crippen molar-refractivity contribution in [2.45, 2.75) is 13.5 Å². The molecule has 1 aromatic carbocycles. The normalized spacial score (nSPS) is 10.6. The first-order chi connectivity index (χ1) is 9.31. The smallest absolute Gasteiger partial charge is 0.223 e. The second-order valence-electron chi connectivity index (χ2n) is 4.41. The van der Waals surface area contributed by atoms with Crippen LogP contribution in [0, 0.1) is 6.92 Å². The van der Waals surface area contributed by atoms with E-state index in [1.165, 1.54) is 0 Å². The van der Waals surface area contributed by atoms with E-state index < -0.39 is 0 Å². The Balaban J connectivity index is 1.78. The van der Waals surface area contributed by atoms with E-state index in [1.54, 1.807) is 6.20 Å². The summed E-state index contributed by atoms with van der Waals surface area (Å²) in [7, 11) is 0. The molecule has 1 N–H and O–H groups in total. The van der Waals surface area contributed by atoms with E-state index in [0.29, 0.717) is 12.5 Å². The summed E-state index contributed by atoms with van der Waals surface area (Å²) in [5, 5.41) is 4.35. The van der Waals surface area contributed by atoms with Crippen molar-refractivity contribution in [3.05, 3.63) is 60.0 Å². The van der Waals surface area contributed by atoms with Crippen LogP contribution in [0.2, 0.25) is 0 Å². The Kier molecular flexibility index (Phi) is 3.06. The summed E-state index contributed by atoms with van der Waals surface area (Å²) in [5.41, 5.74) is 3.08. The van der Waals surface area contributed by atoms with Crippen LogP contribution >= 0.6 is 0 Å². The fourth-order valence-corrected chi connectivity index (χ4v) is 1.93. The second kappa shape index (κ2) is 5.02. The van der Waals surface area contributed by atoms with Gasteiger partial charge in [-0.15, -0.1) is 0 Å². The first kappa shape index (κ1) is 11.6. The van der Waals surface area contributed by atoms with Crippen molar-refractivity contribution in [1.82, 2.24) is 15.0 Å². The molecule has 0 fully saturated rings. The van der Waals surface area contributed by atoms with Crippen molar-refractivity contribution >= 4 is 16.9 Å². The maximum Gasteiger partial charge on any atom is 0.223 e. The molecular weight excluding hydrogens is 236 g/mol. The van der Waals surface area contributed by atoms with Crippen LogP contribution in [-0.4, -0.2) is 15.0 Å². The van der Waals surface area contributed by atoms with Gasteiger partial charge < -0.3 is 5.32 Å². The standard InChI is InChI=1S/C15H14N4/c1-11-6-7-16-15(19-11)18-10-12-8-13-4-2-3-5-14(13)17-9-12/h2-9H,10H2,1H3,(H,16,18,19). The summed E-state index contributed by atoms with van der Waals surface area (Å²) in [6, 6.07) is 12.1. The number of fused-ring (bicyclic) bond motifs is 1. The molecule has 3 aromatic rings. The van der Waals surface area contributed by atoms with Gasteiger partial charge in [0.1, 0.15) is 0 Å². The van der Waals surface area contributed by atoms with E-state index in [-0.39, 0.29) is 0 Å². The lowest BCUT2D eigenvalue weighted by atomic mass is 10.1. The monoisotopic (exact) mass is 250 g/mol. The minimum Gasteiger partial charge on any atom is -0.350 e. The minimum absolute atomic E-state index is 0.646. The molecule has 0 atom stereocenters. The van der Waals surface area contributed by atoms with E-state index in [2.05, 4.69) is 32.4 Å². The van der Waals surface area contributed by atoms with Crippen molar-refractivity contribution < 1.29 is 0 Å². The highest BCUT2D eigenvalue weighted by Gasteiger charge is 1.99. The van der Waals surface area contributed by atoms with Crippen LogP contribution in [0.5, 0.6) is 0 Å². The van der Waals surface area contributed by atoms with E-state index in [0.717, 1.165) is 22.2 Å². The van der Waals surface area contributed by atoms with Gasteiger partial charge in [-0.3, -0.25) is 4.98 Å². The van der Waals surface area contributed by atoms with Gasteiger partial charge in [0.15, 0.2) is 0 Å². The van der Waals surface area contributed by atoms with Gasteiger partial charge >= 0.3 is 0 Å². The molecule has 0 saturated heterocycles. The summed E-state index contributed by atoms with van der Waals surface area (Å²) in [6.45, 7) is 2.62. The molecule has 4 heteroatoms. The number of nitrogens with one attached hydrogen (secondary N) is 1. The molecule has 0 amide bonds. The van der Waals surface area contributed by atoms with Crippen LogP contribution < -0.4 is 5.32 Å². The zero-order valence-corrected chi connectivity index (χ0v) is 10.7. The molecular formula is C15H14N4. The molecule has 0 radical (unpaired) electrons. The van der Waals surface area contributed by atoms with Gasteiger partial charge in [0.25, 0.3) is 0 Å². The second-order valence-corrected chi connectivity index (χ2v) is 4.41. The molecule has 0 aliphatic rings. The van der Waals surface area contributed by atoms with Crippen LogP contribution in [0.3, 0.4) is 0 Å². The van der Waals surface area contributed by atoms with Gasteiger partial charge in [-0.25, -0.2) is 9.97 Å². The molecule has 0 bridgehead atoms. The quantitative estimate of drug-likeness (QED) is 0.776. The highest BCUT2D eigenvalue weighted by atomic mass is 15.1. The molecule has 4 nitrogen and oxygen atoms in total. The van der Waals surface area contributed by atoms with E-state index in [4.69, 9.17) is 0 Å². The van der Waals surface area contributed by atoms with Gasteiger partial charge in [-0.2, -0.15) is 0 Å². The third-order valence-corrected chi connectivity index (χ3v) is 2.89. The molecule has 0 saturated carbocycles. The van der Waals surface area contributed by atoms with E-state index >= 15 is 0 Å². The zero-order chi connectivity index (χ0) is 13.1. The number of pyridine rings is 1. The maximum atomic E-state index is 4.43. The lowest BCUT2D eigenvalue weighted by Gasteiger charge is -2.06. The van der Waals surface area contributed by atoms with Crippen LogP contribution in [-0.2, 0) is 6.54 Å². The molecule has 94 valence electrons. The van der Waals surface area contributed by atoms with Gasteiger partial charge in [-0.05, 0) is 30.7 Å². The summed E-state index contributed by atoms with van der Waals surface area (Å²) in [5.74, 6) is 0.646. The van der Waals surface area contributed by atoms with Crippen molar-refractivity contribution in [3.63, 3.8) is 0 Å². The topological polar surface area (TPSA) is 50.7 Å². The summed E-state index contributed by atoms with van der Waals surface area (Å²) in [4.78, 5) is 12.9. The first-order valence-electron chi connectivity index (χ1n) is 6.18. The number of hydrogen-bond donors (Lipinski definition) is 1. The third kappa shape index (κ3) is 2.68. The lowest BCUT2D eigenvalue weighted by molar-refractivity contribution is 1.02. The molecule has 0 aliphatic heterocycles. The number of nitrogens with zero attached hydrogens (tertiary/aromatic N) is 3. The van der Waals surface area contributed by atoms with E-state index in [1.807, 2.05) is 37.4 Å². The Morgan fingerprint density at radius 3 is 2.89 bits per heavy atom. The van der Waals surface area contributed by atoms with Gasteiger partial charge in [0.05, 0.1) is 5.52 Å². The van der Waals surface area contributed by atoms with Crippen molar-refractivity contribution in [3.8, 4) is 0 Å². The average molecular weight is 250 g/mol. The lowest BCUT2D eigenvalue weighted by Crippen LogP contribution is -2.04. The van der Waals surface area contributed by atoms with Crippen molar-refractivity contribution in [2.24, 2.45) is 0 Å². The minimum atomic E-state index is 0.646. The Morgan fingerprint density at radius 2 is 2.00 bits per heavy atom. The Morgan fingerprint density at radius 1 is 1.11 bits per heavy atom. The van der Waals surface area contributed by atoms with Crippen LogP contribution in [0.15, 0.2) is 48.8 Å². The summed E-state index contributed by atoms with van der Waals surface area (Å²) in [6.07, 6.45) is 3.63. The Bertz CT molecular complexity index is 709. The number of anilines is 1. The molecule has 0 spiro atoms. The van der Waals surface area contributed by atoms with E-state index in [9.17, 15) is 0 Å². The summed E-state index contributed by atoms with van der Waals surface area (Å²) >= 11 is 0. The fraction of sp³-hybridized carbons (Fsp3) is 0.133. The zero-order valence-electron chi connectivity index (χ0n) is 10.7. The Hall–Kier alpha value is -2.49.